The van der Waals surface area contributed by atoms with Gasteiger partial charge in [-0.15, -0.1) is 0 Å². The molecular weight excluding hydrogens is 164 g/mol. The molecule has 0 saturated heterocycles. The molecule has 0 saturated carbocycles. The van der Waals surface area contributed by atoms with Crippen LogP contribution in [0.5, 0.6) is 0 Å². The van der Waals surface area contributed by atoms with Gasteiger partial charge in [0.15, 0.2) is 0 Å². The summed E-state index contributed by atoms with van der Waals surface area (Å²) in [7, 11) is 0. The van der Waals surface area contributed by atoms with Gasteiger partial charge < -0.3 is 0 Å². The molecule has 0 amide bonds. The van der Waals surface area contributed by atoms with E-state index in [9.17, 15) is 0 Å². The van der Waals surface area contributed by atoms with E-state index in [0.717, 1.165) is 5.33 Å². The fraction of sp³-hybridized carbons (Fsp3) is 0.714. The van der Waals surface area contributed by atoms with Gasteiger partial charge in [0.2, 0.25) is 0 Å². The first kappa shape index (κ1) is 8.22. The van der Waals surface area contributed by atoms with Crippen molar-refractivity contribution in [3.8, 4) is 0 Å². The summed E-state index contributed by atoms with van der Waals surface area (Å²) in [6.45, 7) is 2.19. The number of unbranched alkanes of at least 4 members (excludes halogenated alkanes) is 1. The summed E-state index contributed by atoms with van der Waals surface area (Å²) in [6, 6.07) is 0. The molecule has 0 aliphatic carbocycles. The Morgan fingerprint density at radius 1 is 1.25 bits per heavy atom. The lowest BCUT2D eigenvalue weighted by atomic mass is 10.3. The average Bonchev–Trinajstić information content (AvgIpc) is 1.81. The van der Waals surface area contributed by atoms with Crippen LogP contribution < -0.4 is 0 Å². The quantitative estimate of drug-likeness (QED) is 0.457. The van der Waals surface area contributed by atoms with Gasteiger partial charge in [0, 0.05) is 5.33 Å². The van der Waals surface area contributed by atoms with Crippen molar-refractivity contribution < 1.29 is 0 Å². The molecule has 0 aromatic carbocycles. The van der Waals surface area contributed by atoms with Crippen LogP contribution in [0.1, 0.15) is 26.2 Å². The number of alkyl halides is 1. The summed E-state index contributed by atoms with van der Waals surface area (Å²) in [6.07, 6.45) is 8.12. The Bertz CT molecular complexity index is 49.4. The van der Waals surface area contributed by atoms with Crippen molar-refractivity contribution in [2.45, 2.75) is 26.2 Å². The van der Waals surface area contributed by atoms with E-state index in [-0.39, 0.29) is 0 Å². The van der Waals surface area contributed by atoms with Gasteiger partial charge in [0.1, 0.15) is 0 Å². The summed E-state index contributed by atoms with van der Waals surface area (Å²) in [5, 5.41) is 1.09. The van der Waals surface area contributed by atoms with E-state index in [1.54, 1.807) is 0 Å². The minimum Gasteiger partial charge on any atom is -0.0925 e. The zero-order valence-corrected chi connectivity index (χ0v) is 6.95. The lowest BCUT2D eigenvalue weighted by molar-refractivity contribution is 0.952. The van der Waals surface area contributed by atoms with Crippen molar-refractivity contribution >= 4 is 15.9 Å². The van der Waals surface area contributed by atoms with Gasteiger partial charge >= 0.3 is 0 Å². The molecule has 0 bridgehead atoms. The minimum absolute atomic E-state index is 1.09. The number of rotatable bonds is 4. The molecule has 0 fully saturated rings. The maximum absolute atomic E-state index is 3.35. The first-order chi connectivity index (χ1) is 3.91. The molecule has 0 unspecified atom stereocenters. The Hall–Kier alpha value is 0.220. The fourth-order valence-electron chi connectivity index (χ4n) is 0.465. The molecule has 48 valence electrons. The second-order valence-corrected chi connectivity index (χ2v) is 2.53. The van der Waals surface area contributed by atoms with Gasteiger partial charge in [-0.2, -0.15) is 0 Å². The van der Waals surface area contributed by atoms with Gasteiger partial charge in [-0.1, -0.05) is 41.4 Å². The maximum atomic E-state index is 3.35. The van der Waals surface area contributed by atoms with Crippen LogP contribution in [0, 0.1) is 0 Å². The molecule has 0 N–H and O–H groups in total. The maximum Gasteiger partial charge on any atom is 0.00659 e. The standard InChI is InChI=1S/C7H13Br/c1-2-3-4-5-6-7-8/h4-5H,2-3,6-7H2,1H3/b5-4-. The van der Waals surface area contributed by atoms with Crippen LogP contribution in [-0.2, 0) is 0 Å². The average molecular weight is 177 g/mol. The van der Waals surface area contributed by atoms with Crippen LogP contribution in [0.2, 0.25) is 0 Å². The van der Waals surface area contributed by atoms with Crippen molar-refractivity contribution in [2.24, 2.45) is 0 Å². The highest BCUT2D eigenvalue weighted by Crippen LogP contribution is 1.93. The van der Waals surface area contributed by atoms with E-state index in [1.807, 2.05) is 0 Å². The van der Waals surface area contributed by atoms with E-state index in [4.69, 9.17) is 0 Å². The molecule has 0 radical (unpaired) electrons. The Labute approximate surface area is 60.1 Å². The molecule has 0 nitrogen and oxygen atoms in total. The molecule has 0 aliphatic rings. The normalized spacial score (nSPS) is 10.8. The zero-order valence-electron chi connectivity index (χ0n) is 5.36. The summed E-state index contributed by atoms with van der Waals surface area (Å²) in [5.74, 6) is 0. The van der Waals surface area contributed by atoms with Crippen molar-refractivity contribution in [3.05, 3.63) is 12.2 Å². The monoisotopic (exact) mass is 176 g/mol. The Balaban J connectivity index is 2.83. The molecule has 0 aromatic rings. The SMILES string of the molecule is CCC/C=C\CCBr. The van der Waals surface area contributed by atoms with E-state index in [2.05, 4.69) is 35.0 Å². The fourth-order valence-corrected chi connectivity index (χ4v) is 0.730. The summed E-state index contributed by atoms with van der Waals surface area (Å²) in [4.78, 5) is 0. The summed E-state index contributed by atoms with van der Waals surface area (Å²) in [5.41, 5.74) is 0. The van der Waals surface area contributed by atoms with Crippen LogP contribution in [0.3, 0.4) is 0 Å². The number of halogens is 1. The number of allylic oxidation sites excluding steroid dienone is 2. The topological polar surface area (TPSA) is 0 Å². The van der Waals surface area contributed by atoms with Gasteiger partial charge in [0.05, 0.1) is 0 Å². The lowest BCUT2D eigenvalue weighted by Crippen LogP contribution is -1.65. The highest BCUT2D eigenvalue weighted by Gasteiger charge is 1.73. The van der Waals surface area contributed by atoms with Gasteiger partial charge in [-0.3, -0.25) is 0 Å². The van der Waals surface area contributed by atoms with Crippen molar-refractivity contribution in [1.29, 1.82) is 0 Å². The molecular formula is C7H13Br. The molecule has 0 rings (SSSR count). The van der Waals surface area contributed by atoms with Gasteiger partial charge in [0.25, 0.3) is 0 Å². The smallest absolute Gasteiger partial charge is 0.00659 e. The van der Waals surface area contributed by atoms with Crippen molar-refractivity contribution in [3.63, 3.8) is 0 Å². The predicted octanol–water partition coefficient (Wildman–Crippen LogP) is 3.13. The third kappa shape index (κ3) is 6.22. The molecule has 0 heterocycles. The number of hydrogen-bond donors (Lipinski definition) is 0. The van der Waals surface area contributed by atoms with Crippen LogP contribution in [0.25, 0.3) is 0 Å². The largest absolute Gasteiger partial charge is 0.0925 e. The highest BCUT2D eigenvalue weighted by atomic mass is 79.9. The molecule has 0 aromatic heterocycles. The van der Waals surface area contributed by atoms with Gasteiger partial charge in [-0.25, -0.2) is 0 Å². The molecule has 8 heavy (non-hydrogen) atoms. The van der Waals surface area contributed by atoms with Crippen LogP contribution >= 0.6 is 15.9 Å². The first-order valence-corrected chi connectivity index (χ1v) is 4.25. The first-order valence-electron chi connectivity index (χ1n) is 3.12. The van der Waals surface area contributed by atoms with Crippen LogP contribution in [-0.4, -0.2) is 5.33 Å². The molecule has 0 atom stereocenters. The van der Waals surface area contributed by atoms with E-state index >= 15 is 0 Å². The number of hydrogen-bond acceptors (Lipinski definition) is 0. The lowest BCUT2D eigenvalue weighted by Gasteiger charge is -1.82. The minimum atomic E-state index is 1.09. The Kier molecular flexibility index (Phi) is 7.42. The van der Waals surface area contributed by atoms with Crippen LogP contribution in [0.15, 0.2) is 12.2 Å². The second kappa shape index (κ2) is 7.22. The van der Waals surface area contributed by atoms with Crippen molar-refractivity contribution in [1.82, 2.24) is 0 Å². The highest BCUT2D eigenvalue weighted by molar-refractivity contribution is 9.09. The third-order valence-electron chi connectivity index (χ3n) is 0.898. The predicted molar refractivity (Wildman–Crippen MR) is 42.5 cm³/mol. The van der Waals surface area contributed by atoms with Crippen LogP contribution in [0.4, 0.5) is 0 Å². The zero-order chi connectivity index (χ0) is 6.24. The third-order valence-corrected chi connectivity index (χ3v) is 1.36. The Morgan fingerprint density at radius 3 is 2.38 bits per heavy atom. The molecule has 1 heteroatoms. The molecule has 0 aliphatic heterocycles. The van der Waals surface area contributed by atoms with E-state index in [0.29, 0.717) is 0 Å². The van der Waals surface area contributed by atoms with Gasteiger partial charge in [-0.05, 0) is 12.8 Å². The second-order valence-electron chi connectivity index (χ2n) is 1.74. The summed E-state index contributed by atoms with van der Waals surface area (Å²) >= 11 is 3.35. The Morgan fingerprint density at radius 2 is 1.88 bits per heavy atom. The molecule has 0 spiro atoms. The van der Waals surface area contributed by atoms with E-state index in [1.165, 1.54) is 19.3 Å². The van der Waals surface area contributed by atoms with E-state index < -0.39 is 0 Å². The van der Waals surface area contributed by atoms with Crippen molar-refractivity contribution in [2.75, 3.05) is 5.33 Å². The summed E-state index contributed by atoms with van der Waals surface area (Å²) < 4.78 is 0.